The topological polar surface area (TPSA) is 139 Å². The monoisotopic (exact) mass is 606 g/mol. The van der Waals surface area contributed by atoms with Gasteiger partial charge in [0, 0.05) is 30.2 Å². The smallest absolute Gasteiger partial charge is 0.273 e. The molecule has 0 aliphatic carbocycles. The fourth-order valence-electron chi connectivity index (χ4n) is 4.02. The number of likely N-dealkylation sites (N-methyl/N-ethyl adjacent to an activating group) is 1. The Bertz CT molecular complexity index is 1570. The maximum atomic E-state index is 14.0. The van der Waals surface area contributed by atoms with Gasteiger partial charge in [0.2, 0.25) is 11.8 Å². The standard InChI is InChI=1S/C27H28ClFN4O7S/c1-17-5-11-22(14-23(17)33(36)37)41(38,39)32(24-13-20(28)8-12-25(24)40-4)16-26(34)31(18(2)27(35)30-3)15-19-6-9-21(29)10-7-19/h5-14,18H,15-16H2,1-4H3,(H,30,35)/t18-/m1/s1. The third-order valence-electron chi connectivity index (χ3n) is 6.33. The summed E-state index contributed by atoms with van der Waals surface area (Å²) in [4.78, 5) is 37.9. The summed E-state index contributed by atoms with van der Waals surface area (Å²) in [6, 6.07) is 11.7. The number of benzene rings is 3. The lowest BCUT2D eigenvalue weighted by Crippen LogP contribution is -2.50. The van der Waals surface area contributed by atoms with Gasteiger partial charge in [0.1, 0.15) is 24.2 Å². The summed E-state index contributed by atoms with van der Waals surface area (Å²) in [5, 5.41) is 14.1. The molecule has 0 radical (unpaired) electrons. The van der Waals surface area contributed by atoms with Crippen LogP contribution < -0.4 is 14.4 Å². The van der Waals surface area contributed by atoms with Gasteiger partial charge in [-0.3, -0.25) is 24.0 Å². The number of ether oxygens (including phenoxy) is 1. The quantitative estimate of drug-likeness (QED) is 0.256. The van der Waals surface area contributed by atoms with Crippen molar-refractivity contribution in [2.75, 3.05) is 25.0 Å². The molecule has 0 unspecified atom stereocenters. The highest BCUT2D eigenvalue weighted by Gasteiger charge is 2.34. The number of amides is 2. The molecule has 0 aliphatic rings. The number of nitro groups is 1. The summed E-state index contributed by atoms with van der Waals surface area (Å²) in [7, 11) is -1.96. The summed E-state index contributed by atoms with van der Waals surface area (Å²) in [5.74, 6) is -1.76. The molecule has 0 saturated carbocycles. The van der Waals surface area contributed by atoms with E-state index in [0.717, 1.165) is 15.3 Å². The van der Waals surface area contributed by atoms with Gasteiger partial charge in [0.05, 0.1) is 22.6 Å². The summed E-state index contributed by atoms with van der Waals surface area (Å²) in [6.45, 7) is 1.94. The highest BCUT2D eigenvalue weighted by atomic mass is 35.5. The van der Waals surface area contributed by atoms with Gasteiger partial charge in [-0.15, -0.1) is 0 Å². The van der Waals surface area contributed by atoms with E-state index in [0.29, 0.717) is 5.56 Å². The molecule has 0 saturated heterocycles. The van der Waals surface area contributed by atoms with E-state index in [2.05, 4.69) is 5.32 Å². The molecule has 0 aromatic heterocycles. The number of carbonyl (C=O) groups is 2. The van der Waals surface area contributed by atoms with Crippen molar-refractivity contribution in [2.24, 2.45) is 0 Å². The van der Waals surface area contributed by atoms with Crippen LogP contribution in [0.5, 0.6) is 5.75 Å². The van der Waals surface area contributed by atoms with Crippen LogP contribution in [0.15, 0.2) is 65.6 Å². The molecule has 3 rings (SSSR count). The van der Waals surface area contributed by atoms with E-state index in [1.807, 2.05) is 0 Å². The molecule has 3 aromatic carbocycles. The fourth-order valence-corrected chi connectivity index (χ4v) is 5.63. The van der Waals surface area contributed by atoms with Gasteiger partial charge in [-0.2, -0.15) is 0 Å². The summed E-state index contributed by atoms with van der Waals surface area (Å²) < 4.78 is 47.6. The lowest BCUT2D eigenvalue weighted by Gasteiger charge is -2.32. The van der Waals surface area contributed by atoms with Crippen molar-refractivity contribution in [1.29, 1.82) is 0 Å². The second-order valence-corrected chi connectivity index (χ2v) is 11.3. The van der Waals surface area contributed by atoms with Crippen molar-refractivity contribution in [2.45, 2.75) is 31.3 Å². The lowest BCUT2D eigenvalue weighted by atomic mass is 10.1. The average molecular weight is 607 g/mol. The molecule has 0 aliphatic heterocycles. The maximum absolute atomic E-state index is 14.0. The molecular weight excluding hydrogens is 579 g/mol. The number of nitrogens with zero attached hydrogens (tertiary/aromatic N) is 3. The van der Waals surface area contributed by atoms with Crippen LogP contribution >= 0.6 is 11.6 Å². The van der Waals surface area contributed by atoms with Crippen molar-refractivity contribution >= 4 is 44.8 Å². The molecule has 1 N–H and O–H groups in total. The van der Waals surface area contributed by atoms with E-state index < -0.39 is 55.7 Å². The van der Waals surface area contributed by atoms with E-state index in [-0.39, 0.29) is 28.6 Å². The number of carbonyl (C=O) groups excluding carboxylic acids is 2. The number of sulfonamides is 1. The molecule has 0 spiro atoms. The number of methoxy groups -OCH3 is 1. The van der Waals surface area contributed by atoms with Crippen molar-refractivity contribution in [3.05, 3.63) is 92.7 Å². The number of hydrogen-bond donors (Lipinski definition) is 1. The number of nitrogens with one attached hydrogen (secondary N) is 1. The Morgan fingerprint density at radius 1 is 1.12 bits per heavy atom. The van der Waals surface area contributed by atoms with Gasteiger partial charge in [0.15, 0.2) is 0 Å². The van der Waals surface area contributed by atoms with E-state index in [1.54, 1.807) is 0 Å². The first-order valence-electron chi connectivity index (χ1n) is 12.2. The van der Waals surface area contributed by atoms with Crippen molar-refractivity contribution in [3.8, 4) is 5.75 Å². The van der Waals surface area contributed by atoms with Gasteiger partial charge in [0.25, 0.3) is 15.7 Å². The summed E-state index contributed by atoms with van der Waals surface area (Å²) in [5.41, 5.74) is 0.189. The molecule has 0 bridgehead atoms. The zero-order chi connectivity index (χ0) is 30.5. The molecule has 218 valence electrons. The highest BCUT2D eigenvalue weighted by Crippen LogP contribution is 2.36. The minimum absolute atomic E-state index is 0.0526. The Morgan fingerprint density at radius 3 is 2.37 bits per heavy atom. The molecule has 2 amide bonds. The number of halogens is 2. The van der Waals surface area contributed by atoms with Crippen LogP contribution in [0, 0.1) is 22.9 Å². The van der Waals surface area contributed by atoms with Crippen LogP contribution in [-0.4, -0.2) is 56.8 Å². The molecule has 11 nitrogen and oxygen atoms in total. The molecule has 0 heterocycles. The maximum Gasteiger partial charge on any atom is 0.273 e. The lowest BCUT2D eigenvalue weighted by molar-refractivity contribution is -0.385. The van der Waals surface area contributed by atoms with Crippen molar-refractivity contribution < 1.29 is 32.1 Å². The van der Waals surface area contributed by atoms with E-state index in [4.69, 9.17) is 16.3 Å². The summed E-state index contributed by atoms with van der Waals surface area (Å²) >= 11 is 6.19. The van der Waals surface area contributed by atoms with Gasteiger partial charge < -0.3 is 15.0 Å². The largest absolute Gasteiger partial charge is 0.495 e. The van der Waals surface area contributed by atoms with Crippen molar-refractivity contribution in [3.63, 3.8) is 0 Å². The number of anilines is 1. The number of aryl methyl sites for hydroxylation is 1. The fraction of sp³-hybridized carbons (Fsp3) is 0.259. The molecule has 14 heteroatoms. The normalized spacial score (nSPS) is 11.9. The zero-order valence-electron chi connectivity index (χ0n) is 22.6. The van der Waals surface area contributed by atoms with Gasteiger partial charge >= 0.3 is 0 Å². The third-order valence-corrected chi connectivity index (χ3v) is 8.32. The molecular formula is C27H28ClFN4O7S. The second kappa shape index (κ2) is 13.0. The van der Waals surface area contributed by atoms with Crippen molar-refractivity contribution in [1.82, 2.24) is 10.2 Å². The third kappa shape index (κ3) is 7.11. The Hall–Kier alpha value is -4.23. The Kier molecular flexibility index (Phi) is 9.89. The van der Waals surface area contributed by atoms with Gasteiger partial charge in [-0.1, -0.05) is 29.8 Å². The van der Waals surface area contributed by atoms with E-state index >= 15 is 0 Å². The molecule has 1 atom stereocenters. The number of rotatable bonds is 11. The highest BCUT2D eigenvalue weighted by molar-refractivity contribution is 7.92. The average Bonchev–Trinajstić information content (AvgIpc) is 2.94. The van der Waals surface area contributed by atoms with Gasteiger partial charge in [-0.25, -0.2) is 12.8 Å². The van der Waals surface area contributed by atoms with Crippen LogP contribution in [-0.2, 0) is 26.2 Å². The van der Waals surface area contributed by atoms with E-state index in [1.165, 1.54) is 82.6 Å². The molecule has 41 heavy (non-hydrogen) atoms. The van der Waals surface area contributed by atoms with Gasteiger partial charge in [-0.05, 0) is 55.8 Å². The predicted octanol–water partition coefficient (Wildman–Crippen LogP) is 4.06. The molecule has 3 aromatic rings. The number of nitro benzene ring substituents is 1. The first-order valence-corrected chi connectivity index (χ1v) is 14.0. The van der Waals surface area contributed by atoms with Crippen LogP contribution in [0.25, 0.3) is 0 Å². The number of hydrogen-bond acceptors (Lipinski definition) is 7. The van der Waals surface area contributed by atoms with Crippen LogP contribution in [0.3, 0.4) is 0 Å². The second-order valence-electron chi connectivity index (χ2n) is 8.97. The first-order chi connectivity index (χ1) is 19.3. The minimum Gasteiger partial charge on any atom is -0.495 e. The summed E-state index contributed by atoms with van der Waals surface area (Å²) in [6.07, 6.45) is 0. The predicted molar refractivity (Wildman–Crippen MR) is 151 cm³/mol. The minimum atomic E-state index is -4.64. The van der Waals surface area contributed by atoms with Crippen LogP contribution in [0.1, 0.15) is 18.1 Å². The Balaban J connectivity index is 2.16. The molecule has 0 fully saturated rings. The van der Waals surface area contributed by atoms with Crippen LogP contribution in [0.2, 0.25) is 5.02 Å². The Morgan fingerprint density at radius 2 is 1.78 bits per heavy atom. The first kappa shape index (κ1) is 31.3. The Labute approximate surface area is 241 Å². The zero-order valence-corrected chi connectivity index (χ0v) is 24.2. The van der Waals surface area contributed by atoms with Crippen LogP contribution in [0.4, 0.5) is 15.8 Å². The SMILES string of the molecule is CNC(=O)[C@@H](C)N(Cc1ccc(F)cc1)C(=O)CN(c1cc(Cl)ccc1OC)S(=O)(=O)c1ccc(C)c([N+](=O)[O-])c1. The van der Waals surface area contributed by atoms with E-state index in [9.17, 15) is 32.5 Å².